The molecule has 4 rings (SSSR count). The first-order chi connectivity index (χ1) is 17.3. The highest BCUT2D eigenvalue weighted by Crippen LogP contribution is 2.34. The Morgan fingerprint density at radius 1 is 1.14 bits per heavy atom. The fraction of sp³-hybridized carbons (Fsp3) is 0.292. The quantitative estimate of drug-likeness (QED) is 0.325. The molecule has 12 heteroatoms. The summed E-state index contributed by atoms with van der Waals surface area (Å²) < 4.78 is 47.0. The fourth-order valence-corrected chi connectivity index (χ4v) is 3.90. The minimum absolute atomic E-state index is 0.0423. The van der Waals surface area contributed by atoms with Crippen LogP contribution in [0.4, 0.5) is 18.9 Å². The molecule has 0 spiro atoms. The summed E-state index contributed by atoms with van der Waals surface area (Å²) in [6.45, 7) is 4.50. The Morgan fingerprint density at radius 3 is 2.56 bits per heavy atom. The molecule has 0 aliphatic carbocycles. The van der Waals surface area contributed by atoms with E-state index in [1.807, 2.05) is 6.92 Å². The SMILES string of the molecule is CC(=O)N(C[C@@H](C)Cn1ccnn1)c1cc(F)c(-c2ccc(CNCc3cnn[nH]3)cc2)c(F)c1F. The third-order valence-electron chi connectivity index (χ3n) is 5.63. The van der Waals surface area contributed by atoms with Crippen LogP contribution >= 0.6 is 0 Å². The number of rotatable bonds is 10. The highest BCUT2D eigenvalue weighted by atomic mass is 19.2. The van der Waals surface area contributed by atoms with Gasteiger partial charge in [-0.1, -0.05) is 41.6 Å². The number of benzene rings is 2. The van der Waals surface area contributed by atoms with Crippen LogP contribution in [-0.2, 0) is 24.4 Å². The van der Waals surface area contributed by atoms with Crippen molar-refractivity contribution in [3.05, 3.63) is 77.6 Å². The molecule has 0 saturated heterocycles. The van der Waals surface area contributed by atoms with Crippen molar-refractivity contribution in [1.29, 1.82) is 0 Å². The predicted octanol–water partition coefficient (Wildman–Crippen LogP) is 3.46. The summed E-state index contributed by atoms with van der Waals surface area (Å²) in [5.41, 5.74) is 0.942. The van der Waals surface area contributed by atoms with E-state index in [1.165, 1.54) is 25.3 Å². The van der Waals surface area contributed by atoms with Crippen LogP contribution in [-0.4, -0.2) is 42.9 Å². The van der Waals surface area contributed by atoms with E-state index in [9.17, 15) is 4.79 Å². The molecule has 36 heavy (non-hydrogen) atoms. The molecule has 0 aliphatic rings. The molecule has 0 bridgehead atoms. The standard InChI is InChI=1S/C24H25F3N8O/c1-15(13-34-8-7-29-33-34)14-35(16(2)36)21-9-20(25)22(24(27)23(21)26)18-5-3-17(4-6-18)10-28-11-19-12-30-32-31-19/h3-9,12,15,28H,10-11,13-14H2,1-2H3,(H,30,31,32)/t15-/m0/s1. The predicted molar refractivity (Wildman–Crippen MR) is 126 cm³/mol. The number of H-pyrrole nitrogens is 1. The molecular weight excluding hydrogens is 473 g/mol. The number of halogens is 3. The van der Waals surface area contributed by atoms with E-state index in [-0.39, 0.29) is 18.0 Å². The molecule has 0 aliphatic heterocycles. The number of hydrogen-bond acceptors (Lipinski definition) is 6. The van der Waals surface area contributed by atoms with Crippen LogP contribution < -0.4 is 10.2 Å². The molecule has 2 heterocycles. The monoisotopic (exact) mass is 498 g/mol. The van der Waals surface area contributed by atoms with Crippen molar-refractivity contribution in [1.82, 2.24) is 35.7 Å². The number of amides is 1. The first-order valence-corrected chi connectivity index (χ1v) is 11.3. The molecule has 2 N–H and O–H groups in total. The van der Waals surface area contributed by atoms with Crippen LogP contribution in [0.5, 0.6) is 0 Å². The summed E-state index contributed by atoms with van der Waals surface area (Å²) in [7, 11) is 0. The van der Waals surface area contributed by atoms with E-state index >= 15 is 13.2 Å². The summed E-state index contributed by atoms with van der Waals surface area (Å²) in [6, 6.07) is 7.32. The molecule has 2 aromatic carbocycles. The lowest BCUT2D eigenvalue weighted by atomic mass is 10.0. The van der Waals surface area contributed by atoms with Gasteiger partial charge in [0.05, 0.1) is 29.3 Å². The van der Waals surface area contributed by atoms with Crippen molar-refractivity contribution < 1.29 is 18.0 Å². The van der Waals surface area contributed by atoms with E-state index in [2.05, 4.69) is 31.0 Å². The molecule has 0 saturated carbocycles. The largest absolute Gasteiger partial charge is 0.309 e. The zero-order valence-corrected chi connectivity index (χ0v) is 19.8. The maximum absolute atomic E-state index is 15.2. The number of hydrogen-bond donors (Lipinski definition) is 2. The van der Waals surface area contributed by atoms with Gasteiger partial charge in [0.2, 0.25) is 5.91 Å². The van der Waals surface area contributed by atoms with Gasteiger partial charge in [0, 0.05) is 45.4 Å². The number of aromatic amines is 1. The first-order valence-electron chi connectivity index (χ1n) is 11.3. The number of nitrogens with zero attached hydrogens (tertiary/aromatic N) is 6. The molecule has 9 nitrogen and oxygen atoms in total. The molecule has 1 atom stereocenters. The zero-order valence-electron chi connectivity index (χ0n) is 19.8. The fourth-order valence-electron chi connectivity index (χ4n) is 3.90. The molecular formula is C24H25F3N8O. The number of carbonyl (C=O) groups is 1. The van der Waals surface area contributed by atoms with Crippen LogP contribution in [0.2, 0.25) is 0 Å². The average Bonchev–Trinajstić information content (AvgIpc) is 3.55. The Hall–Kier alpha value is -4.06. The summed E-state index contributed by atoms with van der Waals surface area (Å²) in [5.74, 6) is -4.32. The summed E-state index contributed by atoms with van der Waals surface area (Å²) in [6.07, 6.45) is 4.77. The lowest BCUT2D eigenvalue weighted by molar-refractivity contribution is -0.116. The minimum atomic E-state index is -1.35. The third kappa shape index (κ3) is 5.77. The van der Waals surface area contributed by atoms with E-state index in [0.29, 0.717) is 19.6 Å². The number of carbonyl (C=O) groups excluding carboxylic acids is 1. The molecule has 0 fully saturated rings. The van der Waals surface area contributed by atoms with Gasteiger partial charge in [-0.05, 0) is 17.0 Å². The molecule has 0 unspecified atom stereocenters. The lowest BCUT2D eigenvalue weighted by Gasteiger charge is -2.26. The average molecular weight is 499 g/mol. The van der Waals surface area contributed by atoms with Crippen molar-refractivity contribution in [2.45, 2.75) is 33.5 Å². The lowest BCUT2D eigenvalue weighted by Crippen LogP contribution is -2.35. The normalized spacial score (nSPS) is 12.0. The summed E-state index contributed by atoms with van der Waals surface area (Å²) in [5, 5.41) is 20.8. The number of nitrogens with one attached hydrogen (secondary N) is 2. The Balaban J connectivity index is 1.51. The Labute approximate surface area is 205 Å². The van der Waals surface area contributed by atoms with Gasteiger partial charge in [-0.3, -0.25) is 14.6 Å². The van der Waals surface area contributed by atoms with Crippen LogP contribution in [0.25, 0.3) is 11.1 Å². The van der Waals surface area contributed by atoms with Crippen LogP contribution in [0.3, 0.4) is 0 Å². The highest BCUT2D eigenvalue weighted by molar-refractivity contribution is 5.92. The topological polar surface area (TPSA) is 105 Å². The number of aromatic nitrogens is 6. The van der Waals surface area contributed by atoms with Crippen LogP contribution in [0, 0.1) is 23.4 Å². The molecule has 188 valence electrons. The Morgan fingerprint density at radius 2 is 1.92 bits per heavy atom. The smallest absolute Gasteiger partial charge is 0.223 e. The maximum atomic E-state index is 15.2. The van der Waals surface area contributed by atoms with Gasteiger partial charge in [-0.2, -0.15) is 0 Å². The van der Waals surface area contributed by atoms with E-state index in [4.69, 9.17) is 0 Å². The van der Waals surface area contributed by atoms with Gasteiger partial charge in [-0.15, -0.1) is 10.2 Å². The molecule has 1 amide bonds. The van der Waals surface area contributed by atoms with Crippen LogP contribution in [0.1, 0.15) is 25.1 Å². The first kappa shape index (κ1) is 25.0. The van der Waals surface area contributed by atoms with E-state index in [1.54, 1.807) is 29.2 Å². The van der Waals surface area contributed by atoms with E-state index < -0.39 is 34.6 Å². The second kappa shape index (κ2) is 11.1. The summed E-state index contributed by atoms with van der Waals surface area (Å²) >= 11 is 0. The Bertz CT molecular complexity index is 1290. The molecule has 2 aromatic heterocycles. The zero-order chi connectivity index (χ0) is 25.7. The third-order valence-corrected chi connectivity index (χ3v) is 5.63. The van der Waals surface area contributed by atoms with Gasteiger partial charge >= 0.3 is 0 Å². The Kier molecular flexibility index (Phi) is 7.74. The van der Waals surface area contributed by atoms with Crippen molar-refractivity contribution in [3.8, 4) is 11.1 Å². The maximum Gasteiger partial charge on any atom is 0.223 e. The minimum Gasteiger partial charge on any atom is -0.309 e. The van der Waals surface area contributed by atoms with Crippen molar-refractivity contribution in [2.75, 3.05) is 11.4 Å². The second-order valence-electron chi connectivity index (χ2n) is 8.52. The van der Waals surface area contributed by atoms with E-state index in [0.717, 1.165) is 22.2 Å². The van der Waals surface area contributed by atoms with Gasteiger partial charge in [-0.25, -0.2) is 13.2 Å². The highest BCUT2D eigenvalue weighted by Gasteiger charge is 2.26. The molecule has 0 radical (unpaired) electrons. The van der Waals surface area contributed by atoms with Gasteiger partial charge in [0.1, 0.15) is 5.82 Å². The van der Waals surface area contributed by atoms with Gasteiger partial charge < -0.3 is 10.2 Å². The second-order valence-corrected chi connectivity index (χ2v) is 8.52. The van der Waals surface area contributed by atoms with Gasteiger partial charge in [0.25, 0.3) is 0 Å². The van der Waals surface area contributed by atoms with Crippen LogP contribution in [0.15, 0.2) is 48.9 Å². The van der Waals surface area contributed by atoms with Crippen molar-refractivity contribution in [3.63, 3.8) is 0 Å². The summed E-state index contributed by atoms with van der Waals surface area (Å²) in [4.78, 5) is 13.3. The number of anilines is 1. The van der Waals surface area contributed by atoms with Crippen molar-refractivity contribution >= 4 is 11.6 Å². The molecule has 4 aromatic rings. The van der Waals surface area contributed by atoms with Crippen molar-refractivity contribution in [2.24, 2.45) is 5.92 Å². The van der Waals surface area contributed by atoms with Gasteiger partial charge in [0.15, 0.2) is 11.6 Å².